The molecule has 1 aliphatic rings. The van der Waals surface area contributed by atoms with Gasteiger partial charge < -0.3 is 4.90 Å². The Morgan fingerprint density at radius 2 is 1.74 bits per heavy atom. The lowest BCUT2D eigenvalue weighted by molar-refractivity contribution is -0.131. The molecule has 3 heterocycles. The number of pyridine rings is 1. The van der Waals surface area contributed by atoms with E-state index in [4.69, 9.17) is 0 Å². The number of amides is 1. The van der Waals surface area contributed by atoms with Crippen molar-refractivity contribution in [2.75, 3.05) is 13.1 Å². The molecular formula is C22H22N4O. The molecule has 0 saturated heterocycles. The van der Waals surface area contributed by atoms with E-state index in [1.54, 1.807) is 18.7 Å². The van der Waals surface area contributed by atoms with Crippen LogP contribution in [0.5, 0.6) is 0 Å². The van der Waals surface area contributed by atoms with Gasteiger partial charge in [-0.15, -0.1) is 0 Å². The number of fused-ring (bicyclic) bond motifs is 1. The van der Waals surface area contributed by atoms with Gasteiger partial charge in [0.1, 0.15) is 6.33 Å². The number of hydrogen-bond donors (Lipinski definition) is 0. The lowest BCUT2D eigenvalue weighted by Crippen LogP contribution is -2.33. The second-order valence-corrected chi connectivity index (χ2v) is 6.75. The highest BCUT2D eigenvalue weighted by Gasteiger charge is 2.22. The maximum Gasteiger partial charge on any atom is 0.222 e. The fourth-order valence-corrected chi connectivity index (χ4v) is 3.59. The largest absolute Gasteiger partial charge is 0.342 e. The molecular weight excluding hydrogens is 336 g/mol. The summed E-state index contributed by atoms with van der Waals surface area (Å²) in [5.74, 6) is 0.213. The van der Waals surface area contributed by atoms with E-state index in [2.05, 4.69) is 27.1 Å². The van der Waals surface area contributed by atoms with Crippen LogP contribution in [0.1, 0.15) is 23.2 Å². The van der Waals surface area contributed by atoms with Gasteiger partial charge in [0.15, 0.2) is 0 Å². The molecule has 136 valence electrons. The summed E-state index contributed by atoms with van der Waals surface area (Å²) < 4.78 is 0. The van der Waals surface area contributed by atoms with Crippen molar-refractivity contribution < 1.29 is 4.79 Å². The Kier molecular flexibility index (Phi) is 5.19. The number of carbonyl (C=O) groups is 1. The highest BCUT2D eigenvalue weighted by atomic mass is 16.2. The van der Waals surface area contributed by atoms with Crippen LogP contribution in [0.25, 0.3) is 11.3 Å². The fraction of sp³-hybridized carbons (Fsp3) is 0.273. The van der Waals surface area contributed by atoms with Crippen LogP contribution in [0, 0.1) is 0 Å². The van der Waals surface area contributed by atoms with Crippen LogP contribution >= 0.6 is 0 Å². The minimum atomic E-state index is 0.213. The molecule has 0 saturated carbocycles. The quantitative estimate of drug-likeness (QED) is 0.719. The topological polar surface area (TPSA) is 59.0 Å². The van der Waals surface area contributed by atoms with Crippen LogP contribution in [0.3, 0.4) is 0 Å². The van der Waals surface area contributed by atoms with Gasteiger partial charge in [0.2, 0.25) is 5.91 Å². The monoisotopic (exact) mass is 358 g/mol. The summed E-state index contributed by atoms with van der Waals surface area (Å²) in [7, 11) is 0. The first-order chi connectivity index (χ1) is 13.3. The average molecular weight is 358 g/mol. The van der Waals surface area contributed by atoms with Crippen LogP contribution in [0.15, 0.2) is 61.2 Å². The van der Waals surface area contributed by atoms with Crippen molar-refractivity contribution in [2.24, 2.45) is 0 Å². The Labute approximate surface area is 159 Å². The van der Waals surface area contributed by atoms with Crippen LogP contribution in [-0.2, 0) is 24.1 Å². The number of hydrogen-bond acceptors (Lipinski definition) is 4. The SMILES string of the molecule is O=C(CCc1ccccc1)N1CCc2ncnc(-c3ccncc3)c2CC1. The fourth-order valence-electron chi connectivity index (χ4n) is 3.59. The third kappa shape index (κ3) is 4.03. The molecule has 0 unspecified atom stereocenters. The number of carbonyl (C=O) groups excluding carboxylic acids is 1. The summed E-state index contributed by atoms with van der Waals surface area (Å²) in [5, 5.41) is 0. The smallest absolute Gasteiger partial charge is 0.222 e. The van der Waals surface area contributed by atoms with Crippen LogP contribution in [-0.4, -0.2) is 38.8 Å². The van der Waals surface area contributed by atoms with Crippen LogP contribution in [0.4, 0.5) is 0 Å². The van der Waals surface area contributed by atoms with Crippen molar-refractivity contribution in [3.63, 3.8) is 0 Å². The summed E-state index contributed by atoms with van der Waals surface area (Å²) in [6.45, 7) is 1.43. The zero-order valence-corrected chi connectivity index (χ0v) is 15.2. The van der Waals surface area contributed by atoms with Crippen LogP contribution < -0.4 is 0 Å². The minimum absolute atomic E-state index is 0.213. The van der Waals surface area contributed by atoms with Gasteiger partial charge in [-0.1, -0.05) is 30.3 Å². The standard InChI is InChI=1S/C22H22N4O/c27-21(7-6-17-4-2-1-3-5-17)26-14-10-19-20(11-15-26)24-16-25-22(19)18-8-12-23-13-9-18/h1-5,8-9,12-13,16H,6-7,10-11,14-15H2. The van der Waals surface area contributed by atoms with Gasteiger partial charge in [0, 0.05) is 55.1 Å². The zero-order valence-electron chi connectivity index (χ0n) is 15.2. The lowest BCUT2D eigenvalue weighted by atomic mass is 10.0. The molecule has 3 aromatic rings. The average Bonchev–Trinajstić information content (AvgIpc) is 2.96. The summed E-state index contributed by atoms with van der Waals surface area (Å²) >= 11 is 0. The molecule has 0 spiro atoms. The van der Waals surface area contributed by atoms with E-state index in [1.807, 2.05) is 35.2 Å². The van der Waals surface area contributed by atoms with Crippen molar-refractivity contribution in [2.45, 2.75) is 25.7 Å². The molecule has 5 nitrogen and oxygen atoms in total. The highest BCUT2D eigenvalue weighted by molar-refractivity contribution is 5.76. The first kappa shape index (κ1) is 17.3. The summed E-state index contributed by atoms with van der Waals surface area (Å²) in [6.07, 6.45) is 8.06. The molecule has 27 heavy (non-hydrogen) atoms. The molecule has 5 heteroatoms. The molecule has 1 aromatic carbocycles. The first-order valence-corrected chi connectivity index (χ1v) is 9.36. The van der Waals surface area contributed by atoms with E-state index in [1.165, 1.54) is 5.56 Å². The van der Waals surface area contributed by atoms with Gasteiger partial charge in [0.25, 0.3) is 0 Å². The highest BCUT2D eigenvalue weighted by Crippen LogP contribution is 2.25. The van der Waals surface area contributed by atoms with Gasteiger partial charge >= 0.3 is 0 Å². The Bertz CT molecular complexity index is 912. The Morgan fingerprint density at radius 1 is 0.963 bits per heavy atom. The van der Waals surface area contributed by atoms with Gasteiger partial charge in [-0.05, 0) is 30.5 Å². The van der Waals surface area contributed by atoms with Gasteiger partial charge in [-0.2, -0.15) is 0 Å². The number of benzene rings is 1. The Balaban J connectivity index is 1.46. The second kappa shape index (κ2) is 8.08. The summed E-state index contributed by atoms with van der Waals surface area (Å²) in [6, 6.07) is 14.1. The molecule has 0 N–H and O–H groups in total. The van der Waals surface area contributed by atoms with Crippen LogP contribution in [0.2, 0.25) is 0 Å². The predicted octanol–water partition coefficient (Wildman–Crippen LogP) is 3.10. The minimum Gasteiger partial charge on any atom is -0.342 e. The molecule has 2 aromatic heterocycles. The molecule has 0 atom stereocenters. The maximum atomic E-state index is 12.7. The molecule has 0 aliphatic carbocycles. The van der Waals surface area contributed by atoms with E-state index < -0.39 is 0 Å². The summed E-state index contributed by atoms with van der Waals surface area (Å²) in [5.41, 5.74) is 5.42. The molecule has 0 fully saturated rings. The number of aryl methyl sites for hydroxylation is 1. The van der Waals surface area contributed by atoms with Crippen molar-refractivity contribution in [1.82, 2.24) is 19.9 Å². The molecule has 4 rings (SSSR count). The van der Waals surface area contributed by atoms with E-state index in [9.17, 15) is 4.79 Å². The van der Waals surface area contributed by atoms with E-state index >= 15 is 0 Å². The zero-order chi connectivity index (χ0) is 18.5. The summed E-state index contributed by atoms with van der Waals surface area (Å²) in [4.78, 5) is 27.8. The normalized spacial score (nSPS) is 13.7. The first-order valence-electron chi connectivity index (χ1n) is 9.36. The Morgan fingerprint density at radius 3 is 2.56 bits per heavy atom. The predicted molar refractivity (Wildman–Crippen MR) is 104 cm³/mol. The third-order valence-corrected chi connectivity index (χ3v) is 5.06. The molecule has 1 aliphatic heterocycles. The van der Waals surface area contributed by atoms with E-state index in [0.717, 1.165) is 41.8 Å². The number of rotatable bonds is 4. The van der Waals surface area contributed by atoms with Crippen molar-refractivity contribution in [3.05, 3.63) is 78.0 Å². The van der Waals surface area contributed by atoms with Crippen molar-refractivity contribution in [3.8, 4) is 11.3 Å². The van der Waals surface area contributed by atoms with E-state index in [-0.39, 0.29) is 5.91 Å². The third-order valence-electron chi connectivity index (χ3n) is 5.06. The van der Waals surface area contributed by atoms with Crippen molar-refractivity contribution >= 4 is 5.91 Å². The number of aromatic nitrogens is 3. The second-order valence-electron chi connectivity index (χ2n) is 6.75. The molecule has 0 radical (unpaired) electrons. The maximum absolute atomic E-state index is 12.7. The van der Waals surface area contributed by atoms with Crippen molar-refractivity contribution in [1.29, 1.82) is 0 Å². The number of nitrogens with zero attached hydrogens (tertiary/aromatic N) is 4. The molecule has 1 amide bonds. The lowest BCUT2D eigenvalue weighted by Gasteiger charge is -2.20. The molecule has 0 bridgehead atoms. The van der Waals surface area contributed by atoms with Gasteiger partial charge in [-0.3, -0.25) is 9.78 Å². The van der Waals surface area contributed by atoms with Gasteiger partial charge in [0.05, 0.1) is 5.69 Å². The van der Waals surface area contributed by atoms with E-state index in [0.29, 0.717) is 19.5 Å². The Hall–Kier alpha value is -3.08. The van der Waals surface area contributed by atoms with Gasteiger partial charge in [-0.25, -0.2) is 9.97 Å².